The summed E-state index contributed by atoms with van der Waals surface area (Å²) >= 11 is 5.94. The minimum atomic E-state index is -1.39. The molecule has 0 fully saturated rings. The number of ketones is 1. The van der Waals surface area contributed by atoms with Crippen molar-refractivity contribution >= 4 is 40.5 Å². The van der Waals surface area contributed by atoms with Crippen LogP contribution in [0.5, 0.6) is 11.5 Å². The molecule has 1 heterocycles. The molecule has 3 N–H and O–H groups in total. The number of carbonyl (C=O) groups excluding carboxylic acids is 1. The number of carbonyl (C=O) groups is 2. The molecule has 37 heavy (non-hydrogen) atoms. The molecule has 4 rings (SSSR count). The van der Waals surface area contributed by atoms with Crippen LogP contribution in [0.25, 0.3) is 17.1 Å². The quantitative estimate of drug-likeness (QED) is 0.171. The lowest BCUT2D eigenvalue weighted by atomic mass is 10.0. The maximum Gasteiger partial charge on any atom is 0.339 e. The number of carboxylic acids is 1. The average molecular weight is 521 g/mol. The Morgan fingerprint density at radius 2 is 1.86 bits per heavy atom. The molecule has 0 aliphatic heterocycles. The van der Waals surface area contributed by atoms with Gasteiger partial charge in [0.2, 0.25) is 0 Å². The van der Waals surface area contributed by atoms with E-state index in [0.29, 0.717) is 23.7 Å². The van der Waals surface area contributed by atoms with E-state index < -0.39 is 29.2 Å². The Labute approximate surface area is 218 Å². The largest absolute Gasteiger partial charge is 0.506 e. The molecule has 2 unspecified atom stereocenters. The topological polar surface area (TPSA) is 122 Å². The lowest BCUT2D eigenvalue weighted by molar-refractivity contribution is -0.0136. The van der Waals surface area contributed by atoms with Gasteiger partial charge in [0.15, 0.2) is 17.7 Å². The first kappa shape index (κ1) is 25.9. The van der Waals surface area contributed by atoms with E-state index in [1.54, 1.807) is 24.3 Å². The van der Waals surface area contributed by atoms with Gasteiger partial charge in [0, 0.05) is 11.6 Å². The number of benzene rings is 3. The minimum Gasteiger partial charge on any atom is -0.506 e. The van der Waals surface area contributed by atoms with E-state index in [2.05, 4.69) is 9.97 Å². The van der Waals surface area contributed by atoms with Crippen LogP contribution in [0.2, 0.25) is 5.02 Å². The molecule has 0 radical (unpaired) electrons. The minimum absolute atomic E-state index is 0.0300. The SMILES string of the molecule is CCOC(C)C(Oc1cccc(C=CC(=O)c2cc(Cl)cc(C(=O)O)c2O)c1)c1nc2ccccc2[nH]1. The number of para-hydroxylation sites is 2. The number of aromatic amines is 1. The van der Waals surface area contributed by atoms with Gasteiger partial charge in [-0.2, -0.15) is 0 Å². The number of hydrogen-bond donors (Lipinski definition) is 3. The van der Waals surface area contributed by atoms with Gasteiger partial charge in [0.1, 0.15) is 17.1 Å². The molecule has 0 amide bonds. The number of fused-ring (bicyclic) bond motifs is 1. The Hall–Kier alpha value is -4.14. The van der Waals surface area contributed by atoms with Crippen molar-refractivity contribution in [3.8, 4) is 11.5 Å². The average Bonchev–Trinajstić information content (AvgIpc) is 3.31. The number of allylic oxidation sites excluding steroid dienone is 1. The number of ether oxygens (including phenoxy) is 2. The molecule has 0 saturated heterocycles. The number of imidazole rings is 1. The van der Waals surface area contributed by atoms with Crippen LogP contribution in [0.3, 0.4) is 0 Å². The molecular formula is C28H25ClN2O6. The van der Waals surface area contributed by atoms with Gasteiger partial charge >= 0.3 is 5.97 Å². The van der Waals surface area contributed by atoms with Crippen LogP contribution in [0, 0.1) is 0 Å². The Kier molecular flexibility index (Phi) is 7.91. The fourth-order valence-electron chi connectivity index (χ4n) is 3.88. The zero-order valence-electron chi connectivity index (χ0n) is 20.1. The highest BCUT2D eigenvalue weighted by molar-refractivity contribution is 6.31. The van der Waals surface area contributed by atoms with Crippen LogP contribution < -0.4 is 4.74 Å². The van der Waals surface area contributed by atoms with Gasteiger partial charge in [-0.15, -0.1) is 0 Å². The summed E-state index contributed by atoms with van der Waals surface area (Å²) in [6, 6.07) is 17.1. The summed E-state index contributed by atoms with van der Waals surface area (Å²) < 4.78 is 12.1. The second kappa shape index (κ2) is 11.3. The first-order valence-electron chi connectivity index (χ1n) is 11.6. The lowest BCUT2D eigenvalue weighted by Gasteiger charge is -2.23. The van der Waals surface area contributed by atoms with Crippen molar-refractivity contribution in [1.29, 1.82) is 0 Å². The number of aromatic hydroxyl groups is 1. The van der Waals surface area contributed by atoms with Crippen LogP contribution in [-0.4, -0.2) is 44.6 Å². The number of H-pyrrole nitrogens is 1. The summed E-state index contributed by atoms with van der Waals surface area (Å²) in [7, 11) is 0. The van der Waals surface area contributed by atoms with Gasteiger partial charge in [0.05, 0.1) is 22.7 Å². The number of rotatable bonds is 10. The molecule has 2 atom stereocenters. The predicted molar refractivity (Wildman–Crippen MR) is 140 cm³/mol. The summed E-state index contributed by atoms with van der Waals surface area (Å²) in [5.74, 6) is -1.46. The first-order chi connectivity index (χ1) is 17.8. The normalized spacial score (nSPS) is 13.1. The standard InChI is InChI=1S/C28H25ClN2O6/c1-3-36-16(2)26(27-30-22-9-4-5-10-23(22)31-27)37-19-8-6-7-17(13-19)11-12-24(32)20-14-18(29)15-21(25(20)33)28(34)35/h4-16,26,33H,3H2,1-2H3,(H,30,31)(H,34,35). The van der Waals surface area contributed by atoms with Gasteiger partial charge in [-0.05, 0) is 61.9 Å². The Morgan fingerprint density at radius 1 is 1.11 bits per heavy atom. The smallest absolute Gasteiger partial charge is 0.339 e. The molecule has 0 saturated carbocycles. The van der Waals surface area contributed by atoms with Crippen molar-refractivity contribution < 1.29 is 29.3 Å². The molecule has 4 aromatic rings. The molecule has 3 aromatic carbocycles. The van der Waals surface area contributed by atoms with Gasteiger partial charge < -0.3 is 24.7 Å². The molecular weight excluding hydrogens is 496 g/mol. The number of nitrogens with one attached hydrogen (secondary N) is 1. The highest BCUT2D eigenvalue weighted by atomic mass is 35.5. The molecule has 0 aliphatic rings. The fourth-order valence-corrected chi connectivity index (χ4v) is 4.10. The van der Waals surface area contributed by atoms with Crippen LogP contribution >= 0.6 is 11.6 Å². The summed E-state index contributed by atoms with van der Waals surface area (Å²) in [5.41, 5.74) is 1.71. The summed E-state index contributed by atoms with van der Waals surface area (Å²) in [6.07, 6.45) is 1.94. The Balaban J connectivity index is 1.58. The van der Waals surface area contributed by atoms with Crippen molar-refractivity contribution in [2.24, 2.45) is 0 Å². The summed E-state index contributed by atoms with van der Waals surface area (Å²) in [4.78, 5) is 32.0. The van der Waals surface area contributed by atoms with Crippen LogP contribution in [0.4, 0.5) is 0 Å². The second-order valence-electron chi connectivity index (χ2n) is 8.26. The number of phenols is 1. The molecule has 1 aromatic heterocycles. The summed E-state index contributed by atoms with van der Waals surface area (Å²) in [5, 5.41) is 19.5. The molecule has 9 heteroatoms. The van der Waals surface area contributed by atoms with Gasteiger partial charge in [0.25, 0.3) is 0 Å². The number of aromatic carboxylic acids is 1. The number of hydrogen-bond acceptors (Lipinski definition) is 6. The molecule has 190 valence electrons. The van der Waals surface area contributed by atoms with Gasteiger partial charge in [-0.25, -0.2) is 9.78 Å². The molecule has 0 bridgehead atoms. The number of nitrogens with zero attached hydrogens (tertiary/aromatic N) is 1. The van der Waals surface area contributed by atoms with Crippen molar-refractivity contribution in [3.63, 3.8) is 0 Å². The third kappa shape index (κ3) is 5.99. The zero-order chi connectivity index (χ0) is 26.5. The van der Waals surface area contributed by atoms with E-state index >= 15 is 0 Å². The molecule has 0 aliphatic carbocycles. The van der Waals surface area contributed by atoms with Crippen molar-refractivity contribution in [1.82, 2.24) is 9.97 Å². The van der Waals surface area contributed by atoms with E-state index in [-0.39, 0.29) is 16.7 Å². The van der Waals surface area contributed by atoms with Crippen molar-refractivity contribution in [2.45, 2.75) is 26.1 Å². The maximum atomic E-state index is 12.7. The van der Waals surface area contributed by atoms with E-state index in [0.717, 1.165) is 17.1 Å². The van der Waals surface area contributed by atoms with Crippen LogP contribution in [0.1, 0.15) is 52.1 Å². The highest BCUT2D eigenvalue weighted by Crippen LogP contribution is 2.29. The third-order valence-electron chi connectivity index (χ3n) is 5.65. The van der Waals surface area contributed by atoms with E-state index in [1.807, 2.05) is 38.1 Å². The van der Waals surface area contributed by atoms with Gasteiger partial charge in [-0.3, -0.25) is 4.79 Å². The second-order valence-corrected chi connectivity index (χ2v) is 8.70. The third-order valence-corrected chi connectivity index (χ3v) is 5.87. The number of carboxylic acid groups (broad SMARTS) is 1. The van der Waals surface area contributed by atoms with Crippen molar-refractivity contribution in [3.05, 3.63) is 94.3 Å². The zero-order valence-corrected chi connectivity index (χ0v) is 20.9. The Morgan fingerprint density at radius 3 is 2.59 bits per heavy atom. The van der Waals surface area contributed by atoms with Crippen molar-refractivity contribution in [2.75, 3.05) is 6.61 Å². The maximum absolute atomic E-state index is 12.7. The highest BCUT2D eigenvalue weighted by Gasteiger charge is 2.25. The van der Waals surface area contributed by atoms with E-state index in [1.165, 1.54) is 18.2 Å². The number of aromatic nitrogens is 2. The van der Waals surface area contributed by atoms with E-state index in [4.69, 9.17) is 21.1 Å². The fraction of sp³-hybridized carbons (Fsp3) is 0.179. The Bertz CT molecular complexity index is 1450. The van der Waals surface area contributed by atoms with Crippen LogP contribution in [0.15, 0.2) is 66.7 Å². The van der Waals surface area contributed by atoms with E-state index in [9.17, 15) is 19.8 Å². The molecule has 0 spiro atoms. The van der Waals surface area contributed by atoms with Gasteiger partial charge in [-0.1, -0.05) is 41.9 Å². The lowest BCUT2D eigenvalue weighted by Crippen LogP contribution is -2.25. The molecule has 8 nitrogen and oxygen atoms in total. The van der Waals surface area contributed by atoms with Crippen LogP contribution in [-0.2, 0) is 4.74 Å². The first-order valence-corrected chi connectivity index (χ1v) is 12.0. The monoisotopic (exact) mass is 520 g/mol. The predicted octanol–water partition coefficient (Wildman–Crippen LogP) is 6.06. The summed E-state index contributed by atoms with van der Waals surface area (Å²) in [6.45, 7) is 4.32. The number of halogens is 1.